The largest absolute Gasteiger partial charge is 0.316 e. The van der Waals surface area contributed by atoms with E-state index in [1.807, 2.05) is 19.3 Å². The highest BCUT2D eigenvalue weighted by molar-refractivity contribution is 9.10. The van der Waals surface area contributed by atoms with Gasteiger partial charge in [-0.05, 0) is 41.5 Å². The van der Waals surface area contributed by atoms with Crippen LogP contribution in [0.2, 0.25) is 0 Å². The predicted molar refractivity (Wildman–Crippen MR) is 63.5 cm³/mol. The molecule has 2 atom stereocenters. The molecule has 1 N–H and O–H groups in total. The predicted octanol–water partition coefficient (Wildman–Crippen LogP) is 2.95. The van der Waals surface area contributed by atoms with Crippen molar-refractivity contribution in [2.24, 2.45) is 0 Å². The smallest absolute Gasteiger partial charge is 0.0448 e. The second kappa shape index (κ2) is 5.47. The van der Waals surface area contributed by atoms with Crippen LogP contribution in [-0.2, 0) is 0 Å². The van der Waals surface area contributed by atoms with Crippen LogP contribution in [-0.4, -0.2) is 18.1 Å². The van der Waals surface area contributed by atoms with Crippen LogP contribution in [0.1, 0.15) is 31.9 Å². The van der Waals surface area contributed by atoms with Crippen LogP contribution in [0.5, 0.6) is 0 Å². The van der Waals surface area contributed by atoms with E-state index in [1.165, 1.54) is 0 Å². The van der Waals surface area contributed by atoms with Crippen LogP contribution in [0.25, 0.3) is 0 Å². The maximum atomic E-state index is 4.41. The molecule has 0 aliphatic carbocycles. The van der Waals surface area contributed by atoms with Crippen molar-refractivity contribution in [1.82, 2.24) is 10.3 Å². The summed E-state index contributed by atoms with van der Waals surface area (Å²) in [7, 11) is 2.00. The fourth-order valence-electron chi connectivity index (χ4n) is 1.67. The molecule has 0 saturated carbocycles. The van der Waals surface area contributed by atoms with Gasteiger partial charge >= 0.3 is 0 Å². The normalized spacial score (nSPS) is 15.1. The van der Waals surface area contributed by atoms with Crippen molar-refractivity contribution < 1.29 is 0 Å². The summed E-state index contributed by atoms with van der Waals surface area (Å²) in [4.78, 5) is 4.41. The van der Waals surface area contributed by atoms with E-state index in [9.17, 15) is 0 Å². The van der Waals surface area contributed by atoms with Crippen molar-refractivity contribution in [3.05, 3.63) is 28.5 Å². The fourth-order valence-corrected chi connectivity index (χ4v) is 1.90. The van der Waals surface area contributed by atoms with E-state index < -0.39 is 0 Å². The van der Waals surface area contributed by atoms with Crippen molar-refractivity contribution >= 4 is 15.9 Å². The Balaban J connectivity index is 2.77. The average Bonchev–Trinajstić information content (AvgIpc) is 2.20. The summed E-state index contributed by atoms with van der Waals surface area (Å²) in [5.74, 6) is 0.457. The number of nitrogens with one attached hydrogen (secondary N) is 1. The summed E-state index contributed by atoms with van der Waals surface area (Å²) < 4.78 is 1.03. The van der Waals surface area contributed by atoms with Gasteiger partial charge in [-0.2, -0.15) is 0 Å². The lowest BCUT2D eigenvalue weighted by Crippen LogP contribution is -2.30. The molecule has 0 aliphatic rings. The monoisotopic (exact) mass is 256 g/mol. The van der Waals surface area contributed by atoms with Crippen molar-refractivity contribution in [2.45, 2.75) is 32.2 Å². The van der Waals surface area contributed by atoms with Gasteiger partial charge in [-0.25, -0.2) is 0 Å². The van der Waals surface area contributed by atoms with Gasteiger partial charge in [-0.1, -0.05) is 13.8 Å². The van der Waals surface area contributed by atoms with E-state index >= 15 is 0 Å². The van der Waals surface area contributed by atoms with Gasteiger partial charge in [-0.3, -0.25) is 4.98 Å². The molecule has 0 fully saturated rings. The highest BCUT2D eigenvalue weighted by Gasteiger charge is 2.15. The number of nitrogens with zero attached hydrogens (tertiary/aromatic N) is 1. The van der Waals surface area contributed by atoms with Gasteiger partial charge in [0.25, 0.3) is 0 Å². The van der Waals surface area contributed by atoms with Gasteiger partial charge in [0.1, 0.15) is 0 Å². The van der Waals surface area contributed by atoms with E-state index in [0.717, 1.165) is 16.6 Å². The first kappa shape index (κ1) is 11.7. The first-order chi connectivity index (χ1) is 6.69. The highest BCUT2D eigenvalue weighted by atomic mass is 79.9. The molecule has 3 heteroatoms. The van der Waals surface area contributed by atoms with E-state index in [1.54, 1.807) is 0 Å². The topological polar surface area (TPSA) is 24.9 Å². The van der Waals surface area contributed by atoms with Crippen molar-refractivity contribution in [1.29, 1.82) is 0 Å². The molecular weight excluding hydrogens is 240 g/mol. The van der Waals surface area contributed by atoms with Gasteiger partial charge in [-0.15, -0.1) is 0 Å². The Hall–Kier alpha value is -0.410. The second-order valence-corrected chi connectivity index (χ2v) is 4.41. The zero-order valence-corrected chi connectivity index (χ0v) is 10.5. The lowest BCUT2D eigenvalue weighted by atomic mass is 9.96. The van der Waals surface area contributed by atoms with E-state index in [2.05, 4.69) is 46.1 Å². The molecule has 2 nitrogen and oxygen atoms in total. The summed E-state index contributed by atoms with van der Waals surface area (Å²) in [5.41, 5.74) is 1.15. The lowest BCUT2D eigenvalue weighted by molar-refractivity contribution is 0.465. The summed E-state index contributed by atoms with van der Waals surface area (Å²) in [6.45, 7) is 4.40. The van der Waals surface area contributed by atoms with Gasteiger partial charge in [0.05, 0.1) is 0 Å². The number of rotatable bonds is 4. The maximum absolute atomic E-state index is 4.41. The Morgan fingerprint density at radius 1 is 1.50 bits per heavy atom. The molecule has 0 spiro atoms. The number of pyridine rings is 1. The first-order valence-corrected chi connectivity index (χ1v) is 5.77. The summed E-state index contributed by atoms with van der Waals surface area (Å²) in [5, 5.41) is 3.31. The third-order valence-electron chi connectivity index (χ3n) is 2.63. The molecule has 1 aromatic heterocycles. The molecule has 2 unspecified atom stereocenters. The molecule has 0 aromatic carbocycles. The van der Waals surface area contributed by atoms with E-state index in [-0.39, 0.29) is 0 Å². The minimum atomic E-state index is 0.457. The third kappa shape index (κ3) is 2.79. The number of likely N-dealkylation sites (N-methyl/N-ethyl adjacent to an activating group) is 1. The first-order valence-electron chi connectivity index (χ1n) is 4.97. The quantitative estimate of drug-likeness (QED) is 0.897. The molecule has 78 valence electrons. The lowest BCUT2D eigenvalue weighted by Gasteiger charge is -2.21. The summed E-state index contributed by atoms with van der Waals surface area (Å²) in [6, 6.07) is 4.62. The van der Waals surface area contributed by atoms with Crippen LogP contribution in [0.3, 0.4) is 0 Å². The van der Waals surface area contributed by atoms with E-state index in [0.29, 0.717) is 12.0 Å². The minimum Gasteiger partial charge on any atom is -0.316 e. The third-order valence-corrected chi connectivity index (χ3v) is 3.10. The highest BCUT2D eigenvalue weighted by Crippen LogP contribution is 2.20. The molecule has 1 aromatic rings. The number of hydrogen-bond acceptors (Lipinski definition) is 2. The van der Waals surface area contributed by atoms with Crippen LogP contribution in [0.4, 0.5) is 0 Å². The van der Waals surface area contributed by atoms with Gasteiger partial charge in [0, 0.05) is 28.3 Å². The molecular formula is C11H17BrN2. The Morgan fingerprint density at radius 2 is 2.21 bits per heavy atom. The summed E-state index contributed by atoms with van der Waals surface area (Å²) >= 11 is 3.39. The van der Waals surface area contributed by atoms with E-state index in [4.69, 9.17) is 0 Å². The molecule has 0 bridgehead atoms. The Kier molecular flexibility index (Phi) is 4.55. The molecule has 1 rings (SSSR count). The zero-order valence-electron chi connectivity index (χ0n) is 8.92. The SMILES string of the molecule is CCC(NC)C(C)c1ccc(Br)cn1. The summed E-state index contributed by atoms with van der Waals surface area (Å²) in [6.07, 6.45) is 2.98. The van der Waals surface area contributed by atoms with Crippen LogP contribution in [0.15, 0.2) is 22.8 Å². The molecule has 1 heterocycles. The molecule has 0 aliphatic heterocycles. The fraction of sp³-hybridized carbons (Fsp3) is 0.545. The van der Waals surface area contributed by atoms with Gasteiger partial charge < -0.3 is 5.32 Å². The number of halogens is 1. The number of hydrogen-bond donors (Lipinski definition) is 1. The maximum Gasteiger partial charge on any atom is 0.0448 e. The van der Waals surface area contributed by atoms with Crippen molar-refractivity contribution in [3.8, 4) is 0 Å². The molecule has 0 saturated heterocycles. The second-order valence-electron chi connectivity index (χ2n) is 3.49. The van der Waals surface area contributed by atoms with Crippen molar-refractivity contribution in [3.63, 3.8) is 0 Å². The molecule has 14 heavy (non-hydrogen) atoms. The zero-order chi connectivity index (χ0) is 10.6. The molecule has 0 amide bonds. The van der Waals surface area contributed by atoms with Crippen LogP contribution >= 0.6 is 15.9 Å². The van der Waals surface area contributed by atoms with Crippen LogP contribution in [0, 0.1) is 0 Å². The number of aromatic nitrogens is 1. The standard InChI is InChI=1S/C11H17BrN2/c1-4-10(13-3)8(2)11-6-5-9(12)7-14-11/h5-8,10,13H,4H2,1-3H3. The average molecular weight is 257 g/mol. The van der Waals surface area contributed by atoms with Crippen molar-refractivity contribution in [2.75, 3.05) is 7.05 Å². The molecule has 0 radical (unpaired) electrons. The van der Waals surface area contributed by atoms with Gasteiger partial charge in [0.2, 0.25) is 0 Å². The Bertz CT molecular complexity index is 267. The Morgan fingerprint density at radius 3 is 2.64 bits per heavy atom. The Labute approximate surface area is 94.3 Å². The minimum absolute atomic E-state index is 0.457. The van der Waals surface area contributed by atoms with Gasteiger partial charge in [0.15, 0.2) is 0 Å². The van der Waals surface area contributed by atoms with Crippen LogP contribution < -0.4 is 5.32 Å².